The van der Waals surface area contributed by atoms with E-state index in [9.17, 15) is 0 Å². The van der Waals surface area contributed by atoms with Crippen LogP contribution in [0.25, 0.3) is 0 Å². The van der Waals surface area contributed by atoms with Crippen LogP contribution in [-0.2, 0) is 11.3 Å². The fourth-order valence-electron chi connectivity index (χ4n) is 4.29. The van der Waals surface area contributed by atoms with Crippen molar-refractivity contribution in [3.63, 3.8) is 0 Å². The number of nitrogens with one attached hydrogen (secondary N) is 2. The third-order valence-electron chi connectivity index (χ3n) is 6.00. The molecule has 166 valence electrons. The molecule has 1 aromatic rings. The van der Waals surface area contributed by atoms with Crippen molar-refractivity contribution in [3.8, 4) is 0 Å². The maximum absolute atomic E-state index is 5.54. The first-order valence-electron chi connectivity index (χ1n) is 10.9. The van der Waals surface area contributed by atoms with Gasteiger partial charge in [0.05, 0.1) is 25.5 Å². The van der Waals surface area contributed by atoms with E-state index in [4.69, 9.17) is 9.73 Å². The van der Waals surface area contributed by atoms with E-state index >= 15 is 0 Å². The number of aromatic nitrogens is 1. The summed E-state index contributed by atoms with van der Waals surface area (Å²) >= 11 is 1.75. The molecule has 1 aliphatic heterocycles. The lowest BCUT2D eigenvalue weighted by atomic mass is 9.73. The first-order valence-corrected chi connectivity index (χ1v) is 11.7. The molecule has 0 aromatic carbocycles. The second-order valence-corrected chi connectivity index (χ2v) is 9.53. The molecule has 2 N–H and O–H groups in total. The molecule has 0 unspecified atom stereocenters. The number of hydrogen-bond acceptors (Lipinski definition) is 5. The molecule has 1 saturated heterocycles. The van der Waals surface area contributed by atoms with Crippen LogP contribution >= 0.6 is 35.3 Å². The van der Waals surface area contributed by atoms with Crippen molar-refractivity contribution in [1.29, 1.82) is 0 Å². The molecular formula is C21H38IN5OS. The second kappa shape index (κ2) is 12.4. The average molecular weight is 536 g/mol. The topological polar surface area (TPSA) is 61.8 Å². The summed E-state index contributed by atoms with van der Waals surface area (Å²) < 4.78 is 5.54. The van der Waals surface area contributed by atoms with Gasteiger partial charge in [0.15, 0.2) is 5.96 Å². The summed E-state index contributed by atoms with van der Waals surface area (Å²) in [6.07, 6.45) is 6.68. The molecule has 2 fully saturated rings. The van der Waals surface area contributed by atoms with E-state index in [1.165, 1.54) is 43.5 Å². The Balaban J connectivity index is 0.00000300. The first-order chi connectivity index (χ1) is 13.6. The van der Waals surface area contributed by atoms with Crippen LogP contribution in [0, 0.1) is 19.3 Å². The Labute approximate surface area is 197 Å². The Hall–Kier alpha value is -0.450. The molecule has 1 aliphatic carbocycles. The lowest BCUT2D eigenvalue weighted by Gasteiger charge is -2.42. The SMILES string of the molecule is CCNC(=NCc1nc(C)c(C)s1)NCC1(CN2CCOCC2)CCCCC1.I. The minimum absolute atomic E-state index is 0. The standard InChI is InChI=1S/C21H37N5OS.HI/c1-4-22-20(23-14-19-25-17(2)18(3)28-19)24-15-21(8-6-5-7-9-21)16-26-10-12-27-13-11-26;/h4-16H2,1-3H3,(H2,22,23,24);1H. The highest BCUT2D eigenvalue weighted by atomic mass is 127. The van der Waals surface area contributed by atoms with E-state index < -0.39 is 0 Å². The van der Waals surface area contributed by atoms with Crippen LogP contribution in [0.3, 0.4) is 0 Å². The van der Waals surface area contributed by atoms with Gasteiger partial charge in [-0.1, -0.05) is 19.3 Å². The fraction of sp³-hybridized carbons (Fsp3) is 0.810. The van der Waals surface area contributed by atoms with Gasteiger partial charge in [-0.15, -0.1) is 35.3 Å². The van der Waals surface area contributed by atoms with Gasteiger partial charge in [-0.25, -0.2) is 9.98 Å². The van der Waals surface area contributed by atoms with Crippen LogP contribution in [0.2, 0.25) is 0 Å². The third kappa shape index (κ3) is 7.63. The predicted octanol–water partition coefficient (Wildman–Crippen LogP) is 3.72. The number of nitrogens with zero attached hydrogens (tertiary/aromatic N) is 3. The van der Waals surface area contributed by atoms with Crippen LogP contribution in [0.5, 0.6) is 0 Å². The molecule has 2 aliphatic rings. The van der Waals surface area contributed by atoms with Crippen LogP contribution in [0.4, 0.5) is 0 Å². The molecule has 8 heteroatoms. The van der Waals surface area contributed by atoms with Crippen LogP contribution < -0.4 is 10.6 Å². The van der Waals surface area contributed by atoms with Crippen molar-refractivity contribution in [2.45, 2.75) is 59.4 Å². The van der Waals surface area contributed by atoms with Crippen LogP contribution in [0.15, 0.2) is 4.99 Å². The molecule has 29 heavy (non-hydrogen) atoms. The average Bonchev–Trinajstić information content (AvgIpc) is 3.03. The molecule has 0 amide bonds. The predicted molar refractivity (Wildman–Crippen MR) is 133 cm³/mol. The maximum atomic E-state index is 5.54. The Bertz CT molecular complexity index is 620. The fourth-order valence-corrected chi connectivity index (χ4v) is 5.15. The number of guanidine groups is 1. The highest BCUT2D eigenvalue weighted by Gasteiger charge is 2.34. The zero-order chi connectivity index (χ0) is 19.8. The summed E-state index contributed by atoms with van der Waals surface area (Å²) in [7, 11) is 0. The van der Waals surface area contributed by atoms with E-state index in [0.717, 1.165) is 56.1 Å². The first kappa shape index (κ1) is 24.8. The van der Waals surface area contributed by atoms with Crippen LogP contribution in [-0.4, -0.2) is 61.8 Å². The lowest BCUT2D eigenvalue weighted by Crippen LogP contribution is -2.51. The van der Waals surface area contributed by atoms with Crippen molar-refractivity contribution in [1.82, 2.24) is 20.5 Å². The normalized spacial score (nSPS) is 20.2. The zero-order valence-corrected chi connectivity index (χ0v) is 21.4. The van der Waals surface area contributed by atoms with Gasteiger partial charge in [0.25, 0.3) is 0 Å². The van der Waals surface area contributed by atoms with Crippen LogP contribution in [0.1, 0.15) is 54.6 Å². The Morgan fingerprint density at radius 1 is 1.17 bits per heavy atom. The summed E-state index contributed by atoms with van der Waals surface area (Å²) in [5.74, 6) is 0.917. The monoisotopic (exact) mass is 535 g/mol. The van der Waals surface area contributed by atoms with E-state index in [1.54, 1.807) is 11.3 Å². The molecule has 0 bridgehead atoms. The Kier molecular flexibility index (Phi) is 10.6. The maximum Gasteiger partial charge on any atom is 0.191 e. The molecular weight excluding hydrogens is 497 g/mol. The van der Waals surface area contributed by atoms with Gasteiger partial charge in [-0.05, 0) is 33.6 Å². The number of rotatable bonds is 7. The van der Waals surface area contributed by atoms with Gasteiger partial charge in [0, 0.05) is 43.0 Å². The summed E-state index contributed by atoms with van der Waals surface area (Å²) in [5.41, 5.74) is 1.47. The number of aryl methyl sites for hydroxylation is 2. The van der Waals surface area contributed by atoms with E-state index in [-0.39, 0.29) is 24.0 Å². The molecule has 6 nitrogen and oxygen atoms in total. The third-order valence-corrected chi connectivity index (χ3v) is 7.05. The van der Waals surface area contributed by atoms with Crippen molar-refractivity contribution in [2.24, 2.45) is 10.4 Å². The van der Waals surface area contributed by atoms with E-state index in [1.807, 2.05) is 0 Å². The summed E-state index contributed by atoms with van der Waals surface area (Å²) in [4.78, 5) is 13.3. The summed E-state index contributed by atoms with van der Waals surface area (Å²) in [5, 5.41) is 8.18. The lowest BCUT2D eigenvalue weighted by molar-refractivity contribution is 0.00820. The zero-order valence-electron chi connectivity index (χ0n) is 18.3. The van der Waals surface area contributed by atoms with Crippen molar-refractivity contribution < 1.29 is 4.74 Å². The van der Waals surface area contributed by atoms with Gasteiger partial charge < -0.3 is 15.4 Å². The van der Waals surface area contributed by atoms with Crippen molar-refractivity contribution in [3.05, 3.63) is 15.6 Å². The van der Waals surface area contributed by atoms with Gasteiger partial charge in [0.1, 0.15) is 5.01 Å². The van der Waals surface area contributed by atoms with Gasteiger partial charge in [0.2, 0.25) is 0 Å². The Morgan fingerprint density at radius 2 is 1.90 bits per heavy atom. The quantitative estimate of drug-likeness (QED) is 0.317. The number of ether oxygens (including phenoxy) is 1. The number of morpholine rings is 1. The van der Waals surface area contributed by atoms with Crippen molar-refractivity contribution >= 4 is 41.3 Å². The molecule has 0 atom stereocenters. The molecule has 0 spiro atoms. The smallest absolute Gasteiger partial charge is 0.191 e. The summed E-state index contributed by atoms with van der Waals surface area (Å²) in [6, 6.07) is 0. The number of halogens is 1. The Morgan fingerprint density at radius 3 is 2.52 bits per heavy atom. The van der Waals surface area contributed by atoms with E-state index in [2.05, 4.69) is 41.3 Å². The minimum Gasteiger partial charge on any atom is -0.379 e. The van der Waals surface area contributed by atoms with Gasteiger partial charge >= 0.3 is 0 Å². The van der Waals surface area contributed by atoms with Gasteiger partial charge in [-0.2, -0.15) is 0 Å². The molecule has 1 aromatic heterocycles. The number of thiazole rings is 1. The van der Waals surface area contributed by atoms with Crippen molar-refractivity contribution in [2.75, 3.05) is 45.9 Å². The minimum atomic E-state index is 0. The number of hydrogen-bond donors (Lipinski definition) is 2. The summed E-state index contributed by atoms with van der Waals surface area (Å²) in [6.45, 7) is 13.9. The number of aliphatic imine (C=N–C) groups is 1. The highest BCUT2D eigenvalue weighted by molar-refractivity contribution is 14.0. The molecule has 2 heterocycles. The van der Waals surface area contributed by atoms with E-state index in [0.29, 0.717) is 12.0 Å². The van der Waals surface area contributed by atoms with Gasteiger partial charge in [-0.3, -0.25) is 4.90 Å². The molecule has 3 rings (SSSR count). The largest absolute Gasteiger partial charge is 0.379 e. The highest BCUT2D eigenvalue weighted by Crippen LogP contribution is 2.36. The molecule has 1 saturated carbocycles. The molecule has 0 radical (unpaired) electrons. The second-order valence-electron chi connectivity index (χ2n) is 8.25.